The molecule has 0 aromatic heterocycles. The fourth-order valence-electron chi connectivity index (χ4n) is 3.97. The summed E-state index contributed by atoms with van der Waals surface area (Å²) in [6, 6.07) is 7.83. The van der Waals surface area contributed by atoms with E-state index in [-0.39, 0.29) is 11.9 Å². The van der Waals surface area contributed by atoms with Gasteiger partial charge in [0.05, 0.1) is 18.0 Å². The van der Waals surface area contributed by atoms with E-state index < -0.39 is 5.54 Å². The minimum atomic E-state index is -0.633. The Morgan fingerprint density at radius 3 is 2.73 bits per heavy atom. The normalized spacial score (nSPS) is 19.6. The van der Waals surface area contributed by atoms with Crippen LogP contribution in [0.4, 0.5) is 11.4 Å². The third-order valence-electron chi connectivity index (χ3n) is 5.39. The molecule has 0 spiro atoms. The molecule has 1 amide bonds. The van der Waals surface area contributed by atoms with E-state index in [4.69, 9.17) is 4.74 Å². The van der Waals surface area contributed by atoms with Crippen molar-refractivity contribution in [3.05, 3.63) is 24.3 Å². The Morgan fingerprint density at radius 2 is 1.96 bits per heavy atom. The number of esters is 1. The average Bonchev–Trinajstić information content (AvgIpc) is 2.62. The van der Waals surface area contributed by atoms with E-state index >= 15 is 0 Å². The van der Waals surface area contributed by atoms with Crippen LogP contribution >= 0.6 is 0 Å². The number of benzene rings is 1. The molecule has 1 saturated carbocycles. The summed E-state index contributed by atoms with van der Waals surface area (Å²) < 4.78 is 5.42. The number of fused-ring (bicyclic) bond motifs is 1. The van der Waals surface area contributed by atoms with Gasteiger partial charge in [-0.2, -0.15) is 0 Å². The zero-order chi connectivity index (χ0) is 18.6. The molecule has 26 heavy (non-hydrogen) atoms. The predicted octanol–water partition coefficient (Wildman–Crippen LogP) is 4.13. The number of rotatable bonds is 6. The smallest absolute Gasteiger partial charge is 0.306 e. The van der Waals surface area contributed by atoms with Crippen molar-refractivity contribution in [1.29, 1.82) is 0 Å². The summed E-state index contributed by atoms with van der Waals surface area (Å²) in [5.74, 6) is 0.452. The number of ether oxygens (including phenoxy) is 1. The molecular formula is C21H30N2O3. The molecule has 3 rings (SSSR count). The lowest BCUT2D eigenvalue weighted by atomic mass is 9.87. The summed E-state index contributed by atoms with van der Waals surface area (Å²) in [7, 11) is 0. The second-order valence-corrected chi connectivity index (χ2v) is 8.01. The van der Waals surface area contributed by atoms with Crippen LogP contribution in [-0.2, 0) is 14.3 Å². The lowest BCUT2D eigenvalue weighted by Crippen LogP contribution is -2.54. The van der Waals surface area contributed by atoms with Gasteiger partial charge in [-0.25, -0.2) is 0 Å². The standard InChI is InChI=1S/C21H30N2O3/c1-21(2)20(25)23(18-12-7-6-11-17(18)22-21)13-8-14-26-19(24)15-16-9-4-3-5-10-16/h6-7,11-12,16,22H,3-5,8-10,13-15H2,1-2H3. The van der Waals surface area contributed by atoms with Crippen LogP contribution in [0.25, 0.3) is 0 Å². The number of nitrogens with zero attached hydrogens (tertiary/aromatic N) is 1. The molecule has 1 aliphatic carbocycles. The first kappa shape index (κ1) is 18.7. The summed E-state index contributed by atoms with van der Waals surface area (Å²) in [4.78, 5) is 26.6. The van der Waals surface area contributed by atoms with Crippen LogP contribution in [0.5, 0.6) is 0 Å². The number of amides is 1. The van der Waals surface area contributed by atoms with Crippen LogP contribution in [0.15, 0.2) is 24.3 Å². The third kappa shape index (κ3) is 4.37. The largest absolute Gasteiger partial charge is 0.466 e. The van der Waals surface area contributed by atoms with E-state index in [0.717, 1.165) is 24.2 Å². The van der Waals surface area contributed by atoms with Crippen LogP contribution in [0.3, 0.4) is 0 Å². The molecule has 1 N–H and O–H groups in total. The van der Waals surface area contributed by atoms with E-state index in [2.05, 4.69) is 5.32 Å². The Bertz CT molecular complexity index is 650. The van der Waals surface area contributed by atoms with Crippen LogP contribution in [0, 0.1) is 5.92 Å². The van der Waals surface area contributed by atoms with Gasteiger partial charge in [0.2, 0.25) is 0 Å². The van der Waals surface area contributed by atoms with Gasteiger partial charge in [0, 0.05) is 13.0 Å². The first-order chi connectivity index (χ1) is 12.5. The Labute approximate surface area is 156 Å². The number of hydrogen-bond donors (Lipinski definition) is 1. The molecular weight excluding hydrogens is 328 g/mol. The summed E-state index contributed by atoms with van der Waals surface area (Å²) >= 11 is 0. The van der Waals surface area contributed by atoms with Crippen molar-refractivity contribution in [2.24, 2.45) is 5.92 Å². The highest BCUT2D eigenvalue weighted by molar-refractivity contribution is 6.07. The number of carbonyl (C=O) groups excluding carboxylic acids is 2. The lowest BCUT2D eigenvalue weighted by Gasteiger charge is -2.40. The van der Waals surface area contributed by atoms with E-state index in [1.165, 1.54) is 19.3 Å². The molecule has 1 fully saturated rings. The van der Waals surface area contributed by atoms with Crippen molar-refractivity contribution in [3.63, 3.8) is 0 Å². The highest BCUT2D eigenvalue weighted by Gasteiger charge is 2.38. The number of nitrogens with one attached hydrogen (secondary N) is 1. The van der Waals surface area contributed by atoms with Crippen molar-refractivity contribution < 1.29 is 14.3 Å². The van der Waals surface area contributed by atoms with Gasteiger partial charge in [0.15, 0.2) is 0 Å². The minimum absolute atomic E-state index is 0.0460. The molecule has 142 valence electrons. The number of hydrogen-bond acceptors (Lipinski definition) is 4. The molecule has 0 radical (unpaired) electrons. The molecule has 1 heterocycles. The molecule has 5 heteroatoms. The average molecular weight is 358 g/mol. The van der Waals surface area contributed by atoms with Gasteiger partial charge in [0.25, 0.3) is 5.91 Å². The minimum Gasteiger partial charge on any atom is -0.466 e. The third-order valence-corrected chi connectivity index (χ3v) is 5.39. The SMILES string of the molecule is CC1(C)Nc2ccccc2N(CCCOC(=O)CC2CCCCC2)C1=O. The fourth-order valence-corrected chi connectivity index (χ4v) is 3.97. The zero-order valence-electron chi connectivity index (χ0n) is 15.9. The number of para-hydroxylation sites is 2. The molecule has 0 saturated heterocycles. The molecule has 0 bridgehead atoms. The van der Waals surface area contributed by atoms with Crippen LogP contribution < -0.4 is 10.2 Å². The number of anilines is 2. The summed E-state index contributed by atoms with van der Waals surface area (Å²) in [5.41, 5.74) is 1.23. The van der Waals surface area contributed by atoms with Gasteiger partial charge in [-0.15, -0.1) is 0 Å². The van der Waals surface area contributed by atoms with Crippen molar-refractivity contribution in [3.8, 4) is 0 Å². The first-order valence-corrected chi connectivity index (χ1v) is 9.82. The maximum Gasteiger partial charge on any atom is 0.306 e. The van der Waals surface area contributed by atoms with Crippen LogP contribution in [0.2, 0.25) is 0 Å². The van der Waals surface area contributed by atoms with E-state index in [1.54, 1.807) is 4.90 Å². The van der Waals surface area contributed by atoms with Gasteiger partial charge in [-0.1, -0.05) is 31.4 Å². The fraction of sp³-hybridized carbons (Fsp3) is 0.619. The van der Waals surface area contributed by atoms with Gasteiger partial charge < -0.3 is 15.0 Å². The first-order valence-electron chi connectivity index (χ1n) is 9.82. The van der Waals surface area contributed by atoms with Crippen LogP contribution in [-0.4, -0.2) is 30.6 Å². The molecule has 1 aromatic rings. The van der Waals surface area contributed by atoms with Crippen molar-refractivity contribution in [2.75, 3.05) is 23.4 Å². The van der Waals surface area contributed by atoms with E-state index in [1.807, 2.05) is 38.1 Å². The molecule has 0 unspecified atom stereocenters. The topological polar surface area (TPSA) is 58.6 Å². The van der Waals surface area contributed by atoms with Gasteiger partial charge in [-0.05, 0) is 51.2 Å². The highest BCUT2D eigenvalue weighted by Crippen LogP contribution is 2.35. The van der Waals surface area contributed by atoms with E-state index in [9.17, 15) is 9.59 Å². The highest BCUT2D eigenvalue weighted by atomic mass is 16.5. The Morgan fingerprint density at radius 1 is 1.23 bits per heavy atom. The molecule has 2 aliphatic rings. The second kappa shape index (κ2) is 8.11. The molecule has 0 atom stereocenters. The second-order valence-electron chi connectivity index (χ2n) is 8.01. The summed E-state index contributed by atoms with van der Waals surface area (Å²) in [6.45, 7) is 4.70. The molecule has 5 nitrogen and oxygen atoms in total. The summed E-state index contributed by atoms with van der Waals surface area (Å²) in [6.07, 6.45) is 7.25. The van der Waals surface area contributed by atoms with Crippen LogP contribution in [0.1, 0.15) is 58.8 Å². The van der Waals surface area contributed by atoms with Gasteiger partial charge >= 0.3 is 5.97 Å². The van der Waals surface area contributed by atoms with Gasteiger partial charge in [-0.3, -0.25) is 9.59 Å². The summed E-state index contributed by atoms with van der Waals surface area (Å²) in [5, 5.41) is 3.29. The zero-order valence-corrected chi connectivity index (χ0v) is 15.9. The maximum absolute atomic E-state index is 12.8. The van der Waals surface area contributed by atoms with Crippen molar-refractivity contribution in [1.82, 2.24) is 0 Å². The predicted molar refractivity (Wildman–Crippen MR) is 103 cm³/mol. The quantitative estimate of drug-likeness (QED) is 0.614. The lowest BCUT2D eigenvalue weighted by molar-refractivity contribution is -0.145. The molecule has 1 aliphatic heterocycles. The van der Waals surface area contributed by atoms with E-state index in [0.29, 0.717) is 31.9 Å². The van der Waals surface area contributed by atoms with Gasteiger partial charge in [0.1, 0.15) is 5.54 Å². The molecule has 1 aromatic carbocycles. The van der Waals surface area contributed by atoms with Crippen molar-refractivity contribution in [2.45, 2.75) is 64.3 Å². The van der Waals surface area contributed by atoms with Crippen molar-refractivity contribution >= 4 is 23.3 Å². The Balaban J connectivity index is 1.49. The number of carbonyl (C=O) groups is 2. The Kier molecular flexibility index (Phi) is 5.84. The maximum atomic E-state index is 12.8. The monoisotopic (exact) mass is 358 g/mol. The Hall–Kier alpha value is -2.04.